The normalized spacial score (nSPS) is 20.9. The van der Waals surface area contributed by atoms with E-state index in [4.69, 9.17) is 9.47 Å². The Morgan fingerprint density at radius 3 is 2.48 bits per heavy atom. The van der Waals surface area contributed by atoms with Crippen molar-refractivity contribution in [3.05, 3.63) is 137 Å². The standard InChI is InChI=1S/C42H44N6O5Si/c1-28-39(54(3,4)34-17-15-33(52-2)16-18-34)38(20-22-46-27-31(21-23-49)44-45-46)53-42(28)36-24-32(48-40(50)35-13-9-8-12-30(35)25-43-48)14-19-37(36)47(41(42)51)26-29-10-6-5-7-11-29/h5-19,24-25,27-28,38-39,49H,20-23,26H2,1-4H3/t28-,38+,39-,42+/m1/s1. The van der Waals surface area contributed by atoms with Crippen LogP contribution >= 0.6 is 0 Å². The van der Waals surface area contributed by atoms with Gasteiger partial charge in [-0.25, -0.2) is 0 Å². The highest BCUT2D eigenvalue weighted by Gasteiger charge is 2.66. The summed E-state index contributed by atoms with van der Waals surface area (Å²) in [4.78, 5) is 31.0. The maximum Gasteiger partial charge on any atom is 0.279 e. The molecule has 1 spiro atoms. The fourth-order valence-corrected chi connectivity index (χ4v) is 12.9. The lowest BCUT2D eigenvalue weighted by Crippen LogP contribution is -2.51. The molecule has 0 aliphatic carbocycles. The molecule has 1 N–H and O–H groups in total. The summed E-state index contributed by atoms with van der Waals surface area (Å²) in [7, 11) is -0.741. The lowest BCUT2D eigenvalue weighted by molar-refractivity contribution is -0.146. The minimum atomic E-state index is -2.41. The van der Waals surface area contributed by atoms with Crippen LogP contribution in [0, 0.1) is 5.92 Å². The highest BCUT2D eigenvalue weighted by atomic mass is 28.3. The van der Waals surface area contributed by atoms with Gasteiger partial charge in [0.2, 0.25) is 0 Å². The van der Waals surface area contributed by atoms with E-state index in [0.29, 0.717) is 37.0 Å². The van der Waals surface area contributed by atoms with Gasteiger partial charge in [0.25, 0.3) is 11.5 Å². The number of hydrogen-bond acceptors (Lipinski definition) is 8. The Bertz CT molecular complexity index is 2380. The van der Waals surface area contributed by atoms with Crippen LogP contribution in [0.1, 0.15) is 30.2 Å². The van der Waals surface area contributed by atoms with Crippen LogP contribution in [0.5, 0.6) is 5.75 Å². The van der Waals surface area contributed by atoms with Gasteiger partial charge in [-0.2, -0.15) is 9.78 Å². The van der Waals surface area contributed by atoms with Gasteiger partial charge in [-0.3, -0.25) is 14.3 Å². The molecule has 1 saturated heterocycles. The molecule has 1 amide bonds. The van der Waals surface area contributed by atoms with E-state index in [0.717, 1.165) is 33.6 Å². The summed E-state index contributed by atoms with van der Waals surface area (Å²) in [6.07, 6.45) is 4.28. The zero-order valence-electron chi connectivity index (χ0n) is 30.9. The topological polar surface area (TPSA) is 125 Å². The first-order chi connectivity index (χ1) is 26.1. The first-order valence-electron chi connectivity index (χ1n) is 18.5. The quantitative estimate of drug-likeness (QED) is 0.176. The first kappa shape index (κ1) is 35.6. The number of carbonyl (C=O) groups is 1. The van der Waals surface area contributed by atoms with Crippen molar-refractivity contribution in [2.75, 3.05) is 18.6 Å². The van der Waals surface area contributed by atoms with Crippen LogP contribution in [0.25, 0.3) is 16.5 Å². The van der Waals surface area contributed by atoms with E-state index >= 15 is 4.79 Å². The number of ether oxygens (including phenoxy) is 2. The third-order valence-corrected chi connectivity index (χ3v) is 15.9. The Morgan fingerprint density at radius 2 is 1.72 bits per heavy atom. The molecule has 8 rings (SSSR count). The number of aliphatic hydroxyl groups is 1. The fraction of sp³-hybridized carbons (Fsp3) is 0.310. The number of anilines is 1. The highest BCUT2D eigenvalue weighted by molar-refractivity contribution is 6.91. The van der Waals surface area contributed by atoms with Crippen LogP contribution in [0.2, 0.25) is 18.6 Å². The summed E-state index contributed by atoms with van der Waals surface area (Å²) in [6.45, 7) is 7.78. The molecule has 4 atom stereocenters. The number of methoxy groups -OCH3 is 1. The zero-order valence-corrected chi connectivity index (χ0v) is 31.9. The average Bonchev–Trinajstić information content (AvgIpc) is 3.84. The van der Waals surface area contributed by atoms with E-state index in [9.17, 15) is 9.90 Å². The minimum Gasteiger partial charge on any atom is -0.497 e. The molecule has 6 aromatic rings. The predicted octanol–water partition coefficient (Wildman–Crippen LogP) is 5.37. The molecular weight excluding hydrogens is 697 g/mol. The van der Waals surface area contributed by atoms with Gasteiger partial charge in [0, 0.05) is 42.6 Å². The van der Waals surface area contributed by atoms with Crippen LogP contribution in [0.3, 0.4) is 0 Å². The molecule has 0 unspecified atom stereocenters. The molecular formula is C42H44N6O5Si. The third kappa shape index (κ3) is 5.94. The van der Waals surface area contributed by atoms with Gasteiger partial charge < -0.3 is 19.5 Å². The number of rotatable bonds is 11. The van der Waals surface area contributed by atoms with E-state index in [2.05, 4.69) is 47.6 Å². The molecule has 4 aromatic carbocycles. The maximum absolute atomic E-state index is 15.3. The fourth-order valence-electron chi connectivity index (χ4n) is 8.84. The molecule has 2 aromatic heterocycles. The monoisotopic (exact) mass is 740 g/mol. The first-order valence-corrected chi connectivity index (χ1v) is 21.5. The van der Waals surface area contributed by atoms with Crippen LogP contribution in [-0.4, -0.2) is 63.7 Å². The molecule has 0 bridgehead atoms. The van der Waals surface area contributed by atoms with Crippen molar-refractivity contribution in [1.29, 1.82) is 0 Å². The number of benzene rings is 4. The Balaban J connectivity index is 1.27. The lowest BCUT2D eigenvalue weighted by atomic mass is 9.82. The number of hydrogen-bond donors (Lipinski definition) is 1. The lowest BCUT2D eigenvalue weighted by Gasteiger charge is -2.37. The number of aromatic nitrogens is 5. The highest BCUT2D eigenvalue weighted by Crippen LogP contribution is 2.60. The second-order valence-corrected chi connectivity index (χ2v) is 19.6. The van der Waals surface area contributed by atoms with Crippen LogP contribution in [0.15, 0.2) is 114 Å². The number of aliphatic hydroxyl groups excluding tert-OH is 1. The largest absolute Gasteiger partial charge is 0.497 e. The number of aryl methyl sites for hydroxylation is 1. The van der Waals surface area contributed by atoms with Crippen molar-refractivity contribution >= 4 is 35.6 Å². The Hall–Kier alpha value is -5.43. The summed E-state index contributed by atoms with van der Waals surface area (Å²) in [6, 6.07) is 31.5. The van der Waals surface area contributed by atoms with Crippen molar-refractivity contribution in [2.45, 2.75) is 63.2 Å². The number of fused-ring (bicyclic) bond motifs is 3. The summed E-state index contributed by atoms with van der Waals surface area (Å²) in [5.74, 6) is 0.442. The van der Waals surface area contributed by atoms with Crippen molar-refractivity contribution in [2.24, 2.45) is 5.92 Å². The Kier molecular flexibility index (Phi) is 9.28. The number of nitrogens with zero attached hydrogens (tertiary/aromatic N) is 6. The molecule has 2 aliphatic heterocycles. The van der Waals surface area contributed by atoms with Crippen LogP contribution < -0.4 is 20.4 Å². The molecule has 0 saturated carbocycles. The Morgan fingerprint density at radius 1 is 0.963 bits per heavy atom. The van der Waals surface area contributed by atoms with Gasteiger partial charge in [-0.15, -0.1) is 5.10 Å². The van der Waals surface area contributed by atoms with E-state index in [1.807, 2.05) is 90.0 Å². The van der Waals surface area contributed by atoms with Gasteiger partial charge in [0.15, 0.2) is 5.60 Å². The predicted molar refractivity (Wildman–Crippen MR) is 210 cm³/mol. The van der Waals surface area contributed by atoms with Crippen LogP contribution in [0.4, 0.5) is 5.69 Å². The third-order valence-electron chi connectivity index (χ3n) is 11.5. The van der Waals surface area contributed by atoms with Crippen LogP contribution in [-0.2, 0) is 34.6 Å². The van der Waals surface area contributed by atoms with Gasteiger partial charge >= 0.3 is 0 Å². The Labute approximate surface area is 314 Å². The zero-order chi connectivity index (χ0) is 37.6. The molecule has 54 heavy (non-hydrogen) atoms. The molecule has 1 fully saturated rings. The summed E-state index contributed by atoms with van der Waals surface area (Å²) < 4.78 is 16.1. The molecule has 4 heterocycles. The van der Waals surface area contributed by atoms with Gasteiger partial charge in [0.05, 0.1) is 56.5 Å². The van der Waals surface area contributed by atoms with E-state index in [1.165, 1.54) is 9.87 Å². The molecule has 276 valence electrons. The summed E-state index contributed by atoms with van der Waals surface area (Å²) in [5, 5.41) is 25.2. The van der Waals surface area contributed by atoms with Crippen molar-refractivity contribution in [3.63, 3.8) is 0 Å². The van der Waals surface area contributed by atoms with Gasteiger partial charge in [-0.05, 0) is 53.9 Å². The molecule has 11 nitrogen and oxygen atoms in total. The minimum absolute atomic E-state index is 0.00196. The number of carbonyl (C=O) groups excluding carboxylic acids is 1. The van der Waals surface area contributed by atoms with E-state index < -0.39 is 13.7 Å². The molecule has 0 radical (unpaired) electrons. The van der Waals surface area contributed by atoms with Crippen molar-refractivity contribution in [1.82, 2.24) is 24.8 Å². The maximum atomic E-state index is 15.3. The molecule has 12 heteroatoms. The van der Waals surface area contributed by atoms with Gasteiger partial charge in [0.1, 0.15) is 5.75 Å². The molecule has 2 aliphatic rings. The summed E-state index contributed by atoms with van der Waals surface area (Å²) >= 11 is 0. The van der Waals surface area contributed by atoms with E-state index in [1.54, 1.807) is 24.1 Å². The van der Waals surface area contributed by atoms with Crippen molar-refractivity contribution < 1.29 is 19.4 Å². The van der Waals surface area contributed by atoms with E-state index in [-0.39, 0.29) is 35.6 Å². The smallest absolute Gasteiger partial charge is 0.279 e. The van der Waals surface area contributed by atoms with Gasteiger partial charge in [-0.1, -0.05) is 91.1 Å². The second kappa shape index (κ2) is 14.1. The SMILES string of the molecule is COc1ccc([Si](C)(C)[C@H]2[C@H](CCn3cc(CCO)nn3)O[C@@]3(C(=O)N(Cc4ccccc4)c4ccc(-n5ncc6ccccc6c5=O)cc43)[C@@H]2C)cc1. The number of amides is 1. The second-order valence-electron chi connectivity index (χ2n) is 14.9. The van der Waals surface area contributed by atoms with Crippen molar-refractivity contribution in [3.8, 4) is 11.4 Å². The summed E-state index contributed by atoms with van der Waals surface area (Å²) in [5.41, 5.74) is 2.25. The average molecular weight is 741 g/mol.